The van der Waals surface area contributed by atoms with Crippen LogP contribution in [0.15, 0.2) is 0 Å². The fourth-order valence-corrected chi connectivity index (χ4v) is 0. The molecule has 0 N–H and O–H groups in total. The van der Waals surface area contributed by atoms with Gasteiger partial charge in [-0.3, -0.25) is 0 Å². The van der Waals surface area contributed by atoms with Crippen LogP contribution in [0.1, 0.15) is 0 Å². The van der Waals surface area contributed by atoms with E-state index in [0.29, 0.717) is 0 Å². The van der Waals surface area contributed by atoms with Crippen molar-refractivity contribution in [2.75, 3.05) is 0 Å². The van der Waals surface area contributed by atoms with Crippen LogP contribution in [-0.2, 0) is 47.6 Å². The predicted octanol–water partition coefficient (Wildman–Crippen LogP) is -0.772. The molecule has 4 heteroatoms. The molecule has 2 radical (unpaired) electrons. The van der Waals surface area contributed by atoms with E-state index in [0.717, 1.165) is 0 Å². The molecule has 0 spiro atoms. The van der Waals surface area contributed by atoms with Crippen LogP contribution >= 0.6 is 0 Å². The predicted molar refractivity (Wildman–Crippen MR) is 7.84 cm³/mol. The summed E-state index contributed by atoms with van der Waals surface area (Å²) >= 11 is 0.0556. The Morgan fingerprint density at radius 3 is 1.25 bits per heavy atom. The molecular weight excluding hydrogens is 499 g/mol. The van der Waals surface area contributed by atoms with Gasteiger partial charge in [-0.15, -0.1) is 0 Å². The summed E-state index contributed by atoms with van der Waals surface area (Å²) in [4.78, 5) is 0. The Balaban J connectivity index is -0.00000000500. The summed E-state index contributed by atoms with van der Waals surface area (Å²) in [5, 5.41) is 0. The van der Waals surface area contributed by atoms with Crippen molar-refractivity contribution in [3.8, 4) is 0 Å². The molecule has 0 saturated heterocycles. The smallest absolute Gasteiger partial charge is 0 e. The largest absolute Gasteiger partial charge is 0 e. The quantitative estimate of drug-likeness (QED) is 0.400. The van der Waals surface area contributed by atoms with Crippen molar-refractivity contribution in [1.82, 2.24) is 0 Å². The minimum Gasteiger partial charge on any atom is 0 e. The third kappa shape index (κ3) is 8.90. The molecule has 0 fully saturated rings. The van der Waals surface area contributed by atoms with Gasteiger partial charge in [0, 0.05) is 44.8 Å². The fourth-order valence-electron chi connectivity index (χ4n) is 0. The summed E-state index contributed by atoms with van der Waals surface area (Å²) in [6.07, 6.45) is 0. The number of hydrogen-bond donors (Lipinski definition) is 0. The van der Waals surface area contributed by atoms with Gasteiger partial charge in [-0.05, 0) is 0 Å². The monoisotopic (exact) mass is 500 g/mol. The van der Waals surface area contributed by atoms with Crippen LogP contribution in [0.5, 0.6) is 0 Å². The third-order valence-corrected chi connectivity index (χ3v) is 0. The SMILES string of the molecule is [Nb].[O]=[BiH].[Ta]. The molecule has 0 saturated carbocycles. The van der Waals surface area contributed by atoms with Crippen molar-refractivity contribution in [3.63, 3.8) is 0 Å². The van der Waals surface area contributed by atoms with Gasteiger partial charge in [0.05, 0.1) is 0 Å². The van der Waals surface area contributed by atoms with Crippen LogP contribution < -0.4 is 0 Å². The molecule has 0 bridgehead atoms. The van der Waals surface area contributed by atoms with Crippen LogP contribution in [0.4, 0.5) is 0 Å². The average molecular weight is 500 g/mol. The molecule has 0 heterocycles. The summed E-state index contributed by atoms with van der Waals surface area (Å²) in [6.45, 7) is 0. The maximum absolute atomic E-state index is 8.39. The van der Waals surface area contributed by atoms with Crippen LogP contribution in [0.3, 0.4) is 0 Å². The van der Waals surface area contributed by atoms with Gasteiger partial charge in [0.25, 0.3) is 0 Å². The second-order valence-corrected chi connectivity index (χ2v) is 0. The Morgan fingerprint density at radius 1 is 1.25 bits per heavy atom. The molecule has 4 heavy (non-hydrogen) atoms. The molecule has 22 valence electrons. The molecule has 0 rings (SSSR count). The zero-order chi connectivity index (χ0) is 2.00. The van der Waals surface area contributed by atoms with E-state index in [9.17, 15) is 0 Å². The summed E-state index contributed by atoms with van der Waals surface area (Å²) in [6, 6.07) is 0. The molecule has 0 atom stereocenters. The Labute approximate surface area is 71.2 Å². The van der Waals surface area contributed by atoms with Crippen molar-refractivity contribution < 1.29 is 47.6 Å². The normalized spacial score (nSPS) is 1.00. The van der Waals surface area contributed by atoms with Gasteiger partial charge in [0.1, 0.15) is 0 Å². The van der Waals surface area contributed by atoms with Crippen LogP contribution in [0, 0.1) is 0 Å². The summed E-state index contributed by atoms with van der Waals surface area (Å²) in [5.41, 5.74) is 0. The van der Waals surface area contributed by atoms with Crippen LogP contribution in [0.2, 0.25) is 0 Å². The van der Waals surface area contributed by atoms with Gasteiger partial charge in [-0.2, -0.15) is 0 Å². The topological polar surface area (TPSA) is 17.1 Å². The molecule has 0 aromatic carbocycles. The van der Waals surface area contributed by atoms with Crippen LogP contribution in [0.25, 0.3) is 0 Å². The van der Waals surface area contributed by atoms with Gasteiger partial charge in [-0.25, -0.2) is 0 Å². The standard InChI is InChI=1S/Bi.Nb.O.Ta.H. The van der Waals surface area contributed by atoms with Gasteiger partial charge in [0.2, 0.25) is 0 Å². The zero-order valence-corrected chi connectivity index (χ0v) is 11.1. The van der Waals surface area contributed by atoms with Crippen molar-refractivity contribution in [3.05, 3.63) is 0 Å². The van der Waals surface area contributed by atoms with E-state index in [1.165, 1.54) is 0 Å². The second-order valence-electron chi connectivity index (χ2n) is 0. The van der Waals surface area contributed by atoms with E-state index in [2.05, 4.69) is 0 Å². The molecule has 0 aromatic heterocycles. The van der Waals surface area contributed by atoms with E-state index in [4.69, 9.17) is 2.81 Å². The second kappa shape index (κ2) is 19.1. The first-order valence-corrected chi connectivity index (χ1v) is 1.79. The average Bonchev–Trinajstić information content (AvgIpc) is 1.00. The molecule has 0 aliphatic rings. The zero-order valence-electron chi connectivity index (χ0n) is 1.80. The maximum atomic E-state index is 8.39. The van der Waals surface area contributed by atoms with Crippen molar-refractivity contribution in [2.24, 2.45) is 0 Å². The van der Waals surface area contributed by atoms with E-state index < -0.39 is 0 Å². The van der Waals surface area contributed by atoms with Gasteiger partial charge in [-0.1, -0.05) is 0 Å². The molecule has 0 aromatic rings. The number of rotatable bonds is 0. The van der Waals surface area contributed by atoms with E-state index in [1.807, 2.05) is 0 Å². The molecule has 1 nitrogen and oxygen atoms in total. The summed E-state index contributed by atoms with van der Waals surface area (Å²) in [5.74, 6) is 0. The first-order chi connectivity index (χ1) is 1.00. The minimum atomic E-state index is 0. The number of hydrogen-bond acceptors (Lipinski definition) is 1. The van der Waals surface area contributed by atoms with Gasteiger partial charge < -0.3 is 0 Å². The Bertz CT molecular complexity index is 8.00. The Hall–Kier alpha value is 2.16. The third-order valence-electron chi connectivity index (χ3n) is 0. The fraction of sp³-hybridized carbons (Fsp3) is 0. The van der Waals surface area contributed by atoms with Crippen molar-refractivity contribution in [1.29, 1.82) is 0 Å². The summed E-state index contributed by atoms with van der Waals surface area (Å²) < 4.78 is 8.39. The summed E-state index contributed by atoms with van der Waals surface area (Å²) in [7, 11) is 0. The van der Waals surface area contributed by atoms with E-state index >= 15 is 0 Å². The maximum Gasteiger partial charge on any atom is 0 e. The minimum absolute atomic E-state index is 0. The van der Waals surface area contributed by atoms with Crippen molar-refractivity contribution in [2.45, 2.75) is 0 Å². The Kier molecular flexibility index (Phi) is 78.5. The van der Waals surface area contributed by atoms with Gasteiger partial charge in [0.15, 0.2) is 0 Å². The Morgan fingerprint density at radius 2 is 1.25 bits per heavy atom. The van der Waals surface area contributed by atoms with E-state index in [1.54, 1.807) is 0 Å². The molecule has 0 amide bonds. The molecule has 0 aliphatic heterocycles. The molecule has 0 unspecified atom stereocenters. The van der Waals surface area contributed by atoms with Crippen LogP contribution in [-0.4, -0.2) is 24.7 Å². The first kappa shape index (κ1) is 16.4. The molecular formula is HBiNbOTa. The van der Waals surface area contributed by atoms with E-state index in [-0.39, 0.29) is 69.5 Å². The molecule has 0 aliphatic carbocycles. The first-order valence-electron chi connectivity index (χ1n) is 0.204. The van der Waals surface area contributed by atoms with Gasteiger partial charge >= 0.3 is 27.5 Å². The van der Waals surface area contributed by atoms with Crippen molar-refractivity contribution >= 4 is 24.7 Å².